The van der Waals surface area contributed by atoms with E-state index in [1.54, 1.807) is 0 Å². The smallest absolute Gasteiger partial charge is 0.00926 e. The lowest BCUT2D eigenvalue weighted by Gasteiger charge is -1.96. The Hall–Kier alpha value is -3.38. The average molecular weight is 326 g/mol. The van der Waals surface area contributed by atoms with E-state index in [9.17, 15) is 0 Å². The highest BCUT2D eigenvalue weighted by atomic mass is 14.2. The molecule has 118 valence electrons. The Bertz CT molecular complexity index is 1410. The number of fused-ring (bicyclic) bond motifs is 10. The summed E-state index contributed by atoms with van der Waals surface area (Å²) in [6.45, 7) is 0. The number of rotatable bonds is 0. The lowest BCUT2D eigenvalue weighted by Crippen LogP contribution is -1.69. The second-order valence-electron chi connectivity index (χ2n) is 7.43. The van der Waals surface area contributed by atoms with Crippen molar-refractivity contribution in [2.75, 3.05) is 0 Å². The molecule has 3 aromatic rings. The van der Waals surface area contributed by atoms with Crippen molar-refractivity contribution in [2.45, 2.75) is 0 Å². The van der Waals surface area contributed by atoms with Crippen molar-refractivity contribution in [3.63, 3.8) is 0 Å². The van der Waals surface area contributed by atoms with Crippen LogP contribution in [0.5, 0.6) is 0 Å². The van der Waals surface area contributed by atoms with Gasteiger partial charge < -0.3 is 0 Å². The summed E-state index contributed by atoms with van der Waals surface area (Å²) in [5.41, 5.74) is 5.53. The first-order valence-electron chi connectivity index (χ1n) is 9.12. The molecule has 0 amide bonds. The molecule has 0 heterocycles. The number of hydrogen-bond acceptors (Lipinski definition) is 0. The third-order valence-corrected chi connectivity index (χ3v) is 6.08. The molecule has 7 rings (SSSR count). The van der Waals surface area contributed by atoms with Crippen LogP contribution in [-0.4, -0.2) is 0 Å². The Morgan fingerprint density at radius 3 is 1.27 bits per heavy atom. The lowest BCUT2D eigenvalue weighted by atomic mass is 10.1. The van der Waals surface area contributed by atoms with Crippen molar-refractivity contribution >= 4 is 43.1 Å². The average Bonchev–Trinajstić information content (AvgIpc) is 3.38. The summed E-state index contributed by atoms with van der Waals surface area (Å²) in [6, 6.07) is 31.6. The third kappa shape index (κ3) is 1.43. The Labute approximate surface area is 150 Å². The highest BCUT2D eigenvalue weighted by Crippen LogP contribution is 2.47. The summed E-state index contributed by atoms with van der Waals surface area (Å²) < 4.78 is 0. The molecule has 26 heavy (non-hydrogen) atoms. The summed E-state index contributed by atoms with van der Waals surface area (Å²) in [4.78, 5) is 0. The van der Waals surface area contributed by atoms with Crippen LogP contribution in [0.4, 0.5) is 0 Å². The molecule has 0 aliphatic heterocycles. The summed E-state index contributed by atoms with van der Waals surface area (Å²) in [5, 5.41) is 10.9. The normalized spacial score (nSPS) is 12.6. The van der Waals surface area contributed by atoms with Crippen LogP contribution in [0.2, 0.25) is 0 Å². The molecule has 0 saturated heterocycles. The van der Waals surface area contributed by atoms with Crippen molar-refractivity contribution < 1.29 is 0 Å². The zero-order valence-electron chi connectivity index (χ0n) is 14.1. The maximum Gasteiger partial charge on any atom is -0.00926 e. The van der Waals surface area contributed by atoms with Gasteiger partial charge >= 0.3 is 0 Å². The van der Waals surface area contributed by atoms with E-state index < -0.39 is 0 Å². The molecule has 0 radical (unpaired) electrons. The van der Waals surface area contributed by atoms with Gasteiger partial charge in [-0.15, -0.1) is 0 Å². The Kier molecular flexibility index (Phi) is 2.10. The molecule has 0 aromatic heterocycles. The molecule has 0 N–H and O–H groups in total. The van der Waals surface area contributed by atoms with E-state index in [1.807, 2.05) is 0 Å². The molecular weight excluding hydrogens is 312 g/mol. The van der Waals surface area contributed by atoms with E-state index in [-0.39, 0.29) is 0 Å². The molecular formula is C26H14. The summed E-state index contributed by atoms with van der Waals surface area (Å²) in [7, 11) is 0. The van der Waals surface area contributed by atoms with Gasteiger partial charge in [0.15, 0.2) is 0 Å². The molecule has 0 atom stereocenters. The number of hydrogen-bond donors (Lipinski definition) is 0. The maximum atomic E-state index is 2.41. The first-order chi connectivity index (χ1) is 12.9. The fraction of sp³-hybridized carbons (Fsp3) is 0. The number of benzene rings is 3. The zero-order valence-corrected chi connectivity index (χ0v) is 14.1. The predicted molar refractivity (Wildman–Crippen MR) is 112 cm³/mol. The highest BCUT2D eigenvalue weighted by molar-refractivity contribution is 6.22. The Balaban J connectivity index is 1.64. The van der Waals surface area contributed by atoms with Crippen LogP contribution >= 0.6 is 0 Å². The van der Waals surface area contributed by atoms with E-state index in [1.165, 1.54) is 65.3 Å². The van der Waals surface area contributed by atoms with Crippen molar-refractivity contribution in [2.24, 2.45) is 0 Å². The van der Waals surface area contributed by atoms with E-state index >= 15 is 0 Å². The van der Waals surface area contributed by atoms with Crippen LogP contribution < -0.4 is 0 Å². The molecule has 4 aliphatic rings. The van der Waals surface area contributed by atoms with Gasteiger partial charge in [-0.3, -0.25) is 0 Å². The van der Waals surface area contributed by atoms with Crippen LogP contribution in [0.1, 0.15) is 0 Å². The Morgan fingerprint density at radius 2 is 0.731 bits per heavy atom. The first kappa shape index (κ1) is 12.9. The SMILES string of the molecule is c1ccc2c3cc4cc5cc6c7ccccc7cc-6c5cc4c-3cc2c1. The van der Waals surface area contributed by atoms with Crippen LogP contribution in [0.15, 0.2) is 84.9 Å². The fourth-order valence-electron chi connectivity index (χ4n) is 4.90. The molecule has 3 aromatic carbocycles. The molecule has 0 nitrogen and oxygen atoms in total. The molecule has 0 fully saturated rings. The minimum atomic E-state index is 1.34. The molecule has 0 unspecified atom stereocenters. The van der Waals surface area contributed by atoms with E-state index in [0.29, 0.717) is 0 Å². The van der Waals surface area contributed by atoms with Gasteiger partial charge in [0, 0.05) is 0 Å². The van der Waals surface area contributed by atoms with E-state index in [0.717, 1.165) is 0 Å². The maximum absolute atomic E-state index is 2.41. The quantitative estimate of drug-likeness (QED) is 0.272. The fourth-order valence-corrected chi connectivity index (χ4v) is 4.90. The Morgan fingerprint density at radius 1 is 0.308 bits per heavy atom. The van der Waals surface area contributed by atoms with Crippen molar-refractivity contribution in [1.29, 1.82) is 0 Å². The van der Waals surface area contributed by atoms with Crippen molar-refractivity contribution in [3.05, 3.63) is 84.9 Å². The topological polar surface area (TPSA) is 0 Å². The van der Waals surface area contributed by atoms with Gasteiger partial charge in [-0.05, 0) is 102 Å². The zero-order chi connectivity index (χ0) is 16.8. The summed E-state index contributed by atoms with van der Waals surface area (Å²) >= 11 is 0. The highest BCUT2D eigenvalue weighted by Gasteiger charge is 2.19. The standard InChI is InChI=1S/C26H14/c1-3-7-19-15(5-1)10-25-21-14-22-18(9-17(21)12-23(19)25)13-24-20-8-4-2-6-16(20)11-26(22)24/h1-14H. The van der Waals surface area contributed by atoms with Crippen molar-refractivity contribution in [3.8, 4) is 22.3 Å². The van der Waals surface area contributed by atoms with Gasteiger partial charge in [0.05, 0.1) is 0 Å². The van der Waals surface area contributed by atoms with Gasteiger partial charge in [-0.1, -0.05) is 48.5 Å². The second kappa shape index (κ2) is 4.23. The van der Waals surface area contributed by atoms with Crippen LogP contribution in [0, 0.1) is 0 Å². The van der Waals surface area contributed by atoms with Gasteiger partial charge in [0.1, 0.15) is 0 Å². The monoisotopic (exact) mass is 326 g/mol. The first-order valence-corrected chi connectivity index (χ1v) is 9.12. The van der Waals surface area contributed by atoms with E-state index in [4.69, 9.17) is 0 Å². The van der Waals surface area contributed by atoms with Gasteiger partial charge in [0.25, 0.3) is 0 Å². The van der Waals surface area contributed by atoms with Gasteiger partial charge in [-0.2, -0.15) is 0 Å². The van der Waals surface area contributed by atoms with E-state index in [2.05, 4.69) is 84.9 Å². The summed E-state index contributed by atoms with van der Waals surface area (Å²) in [5.74, 6) is 0. The lowest BCUT2D eigenvalue weighted by molar-refractivity contribution is 1.84. The van der Waals surface area contributed by atoms with Crippen LogP contribution in [-0.2, 0) is 0 Å². The van der Waals surface area contributed by atoms with Crippen LogP contribution in [0.25, 0.3) is 65.3 Å². The van der Waals surface area contributed by atoms with Gasteiger partial charge in [-0.25, -0.2) is 0 Å². The minimum absolute atomic E-state index is 1.34. The van der Waals surface area contributed by atoms with Crippen LogP contribution in [0.3, 0.4) is 0 Å². The van der Waals surface area contributed by atoms with Crippen molar-refractivity contribution in [1.82, 2.24) is 0 Å². The molecule has 0 saturated carbocycles. The summed E-state index contributed by atoms with van der Waals surface area (Å²) in [6.07, 6.45) is 0. The molecule has 0 spiro atoms. The third-order valence-electron chi connectivity index (χ3n) is 6.08. The largest absolute Gasteiger partial charge is 0.0616 e. The molecule has 4 aliphatic carbocycles. The second-order valence-corrected chi connectivity index (χ2v) is 7.43. The molecule has 0 heteroatoms. The van der Waals surface area contributed by atoms with Gasteiger partial charge in [0.2, 0.25) is 0 Å². The predicted octanol–water partition coefficient (Wildman–Crippen LogP) is 7.38. The minimum Gasteiger partial charge on any atom is -0.0616 e. The molecule has 0 bridgehead atoms.